The summed E-state index contributed by atoms with van der Waals surface area (Å²) >= 11 is 0. The van der Waals surface area contributed by atoms with E-state index in [0.717, 1.165) is 33.9 Å². The zero-order valence-corrected chi connectivity index (χ0v) is 18.6. The first kappa shape index (κ1) is 21.2. The van der Waals surface area contributed by atoms with E-state index in [1.54, 1.807) is 0 Å². The maximum atomic E-state index is 12.8. The van der Waals surface area contributed by atoms with Gasteiger partial charge in [0.15, 0.2) is 0 Å². The number of carbonyl (C=O) groups excluding carboxylic acids is 1. The van der Waals surface area contributed by atoms with E-state index in [1.807, 2.05) is 95.3 Å². The van der Waals surface area contributed by atoms with E-state index in [-0.39, 0.29) is 18.4 Å². The summed E-state index contributed by atoms with van der Waals surface area (Å²) in [4.78, 5) is 19.5. The van der Waals surface area contributed by atoms with Gasteiger partial charge in [0, 0.05) is 24.6 Å². The van der Waals surface area contributed by atoms with Gasteiger partial charge in [0.25, 0.3) is 0 Å². The standard InChI is InChI=1S/C27H27N3O3/c1-19-11-13-23(14-12-19)33-18-22(31)17-30-25-10-6-5-9-24(25)28-27(30)20-15-26(32)29(16-20)21-7-3-2-4-8-21/h2-14,20,22,31H,15-18H2,1H3/t20-,22-/m1/s1. The second-order valence-corrected chi connectivity index (χ2v) is 8.59. The van der Waals surface area contributed by atoms with Gasteiger partial charge in [-0.1, -0.05) is 48.0 Å². The van der Waals surface area contributed by atoms with E-state index in [0.29, 0.717) is 19.5 Å². The first-order valence-electron chi connectivity index (χ1n) is 11.3. The van der Waals surface area contributed by atoms with Crippen LogP contribution in [0, 0.1) is 6.92 Å². The van der Waals surface area contributed by atoms with Crippen molar-refractivity contribution in [2.75, 3.05) is 18.1 Å². The Bertz CT molecular complexity index is 1250. The molecule has 2 atom stereocenters. The summed E-state index contributed by atoms with van der Waals surface area (Å²) in [6, 6.07) is 25.4. The quantitative estimate of drug-likeness (QED) is 0.464. The van der Waals surface area contributed by atoms with Crippen molar-refractivity contribution >= 4 is 22.6 Å². The van der Waals surface area contributed by atoms with Gasteiger partial charge in [-0.05, 0) is 43.3 Å². The fourth-order valence-electron chi connectivity index (χ4n) is 4.43. The lowest BCUT2D eigenvalue weighted by Gasteiger charge is -2.19. The van der Waals surface area contributed by atoms with Gasteiger partial charge in [0.1, 0.15) is 24.3 Å². The van der Waals surface area contributed by atoms with Gasteiger partial charge in [-0.3, -0.25) is 4.79 Å². The molecular weight excluding hydrogens is 414 g/mol. The third-order valence-corrected chi connectivity index (χ3v) is 6.10. The molecule has 1 aliphatic rings. The number of imidazole rings is 1. The van der Waals surface area contributed by atoms with Crippen molar-refractivity contribution in [3.63, 3.8) is 0 Å². The highest BCUT2D eigenvalue weighted by Crippen LogP contribution is 2.33. The highest BCUT2D eigenvalue weighted by molar-refractivity contribution is 5.96. The molecule has 2 heterocycles. The van der Waals surface area contributed by atoms with Crippen LogP contribution in [0.1, 0.15) is 23.7 Å². The van der Waals surface area contributed by atoms with Crippen LogP contribution in [0.25, 0.3) is 11.0 Å². The molecule has 33 heavy (non-hydrogen) atoms. The van der Waals surface area contributed by atoms with Crippen molar-refractivity contribution in [3.05, 3.63) is 90.3 Å². The van der Waals surface area contributed by atoms with Gasteiger partial charge in [-0.25, -0.2) is 4.98 Å². The Morgan fingerprint density at radius 2 is 1.76 bits per heavy atom. The number of aryl methyl sites for hydroxylation is 1. The van der Waals surface area contributed by atoms with Crippen LogP contribution in [-0.2, 0) is 11.3 Å². The van der Waals surface area contributed by atoms with Gasteiger partial charge in [-0.15, -0.1) is 0 Å². The average Bonchev–Trinajstić information content (AvgIpc) is 3.40. The predicted octanol–water partition coefficient (Wildman–Crippen LogP) is 4.31. The third kappa shape index (κ3) is 4.47. The molecule has 0 bridgehead atoms. The minimum atomic E-state index is -0.718. The monoisotopic (exact) mass is 441 g/mol. The predicted molar refractivity (Wildman–Crippen MR) is 129 cm³/mol. The lowest BCUT2D eigenvalue weighted by molar-refractivity contribution is -0.117. The minimum absolute atomic E-state index is 0.0460. The molecule has 5 rings (SSSR count). The molecule has 3 aromatic carbocycles. The van der Waals surface area contributed by atoms with Crippen molar-refractivity contribution in [2.24, 2.45) is 0 Å². The van der Waals surface area contributed by atoms with Gasteiger partial charge < -0.3 is 19.3 Å². The molecule has 1 aromatic heterocycles. The number of hydrogen-bond acceptors (Lipinski definition) is 4. The van der Waals surface area contributed by atoms with Crippen LogP contribution in [0.15, 0.2) is 78.9 Å². The van der Waals surface area contributed by atoms with Gasteiger partial charge in [-0.2, -0.15) is 0 Å². The lowest BCUT2D eigenvalue weighted by atomic mass is 10.1. The van der Waals surface area contributed by atoms with Crippen LogP contribution < -0.4 is 9.64 Å². The first-order chi connectivity index (χ1) is 16.1. The summed E-state index contributed by atoms with van der Waals surface area (Å²) in [5.74, 6) is 1.61. The van der Waals surface area contributed by atoms with Gasteiger partial charge in [0.05, 0.1) is 17.6 Å². The highest BCUT2D eigenvalue weighted by Gasteiger charge is 2.35. The summed E-state index contributed by atoms with van der Waals surface area (Å²) in [7, 11) is 0. The second-order valence-electron chi connectivity index (χ2n) is 8.59. The van der Waals surface area contributed by atoms with E-state index in [4.69, 9.17) is 9.72 Å². The number of rotatable bonds is 7. The van der Waals surface area contributed by atoms with Crippen molar-refractivity contribution in [3.8, 4) is 5.75 Å². The molecule has 1 amide bonds. The SMILES string of the molecule is Cc1ccc(OC[C@H](O)Cn2c([C@@H]3CC(=O)N(c4ccccc4)C3)nc3ccccc32)cc1. The number of fused-ring (bicyclic) bond motifs is 1. The van der Waals surface area contributed by atoms with Crippen LogP contribution in [0.2, 0.25) is 0 Å². The fourth-order valence-corrected chi connectivity index (χ4v) is 4.43. The van der Waals surface area contributed by atoms with Crippen LogP contribution in [0.5, 0.6) is 5.75 Å². The third-order valence-electron chi connectivity index (χ3n) is 6.10. The number of aliphatic hydroxyl groups excluding tert-OH is 1. The Hall–Kier alpha value is -3.64. The van der Waals surface area contributed by atoms with E-state index < -0.39 is 6.10 Å². The van der Waals surface area contributed by atoms with Crippen molar-refractivity contribution in [1.82, 2.24) is 9.55 Å². The number of amides is 1. The van der Waals surface area contributed by atoms with E-state index in [2.05, 4.69) is 0 Å². The normalized spacial score (nSPS) is 17.0. The molecule has 4 aromatic rings. The lowest BCUT2D eigenvalue weighted by Crippen LogP contribution is -2.26. The molecular formula is C27H27N3O3. The number of anilines is 1. The number of ether oxygens (including phenoxy) is 1. The van der Waals surface area contributed by atoms with Crippen molar-refractivity contribution < 1.29 is 14.6 Å². The number of hydrogen-bond donors (Lipinski definition) is 1. The zero-order valence-electron chi connectivity index (χ0n) is 18.6. The molecule has 6 heteroatoms. The summed E-state index contributed by atoms with van der Waals surface area (Å²) < 4.78 is 7.84. The van der Waals surface area contributed by atoms with Crippen molar-refractivity contribution in [2.45, 2.75) is 31.9 Å². The molecule has 0 unspecified atom stereocenters. The Balaban J connectivity index is 1.37. The molecule has 0 saturated carbocycles. The second kappa shape index (κ2) is 9.08. The molecule has 1 aliphatic heterocycles. The van der Waals surface area contributed by atoms with Crippen LogP contribution in [0.3, 0.4) is 0 Å². The van der Waals surface area contributed by atoms with E-state index >= 15 is 0 Å². The maximum absolute atomic E-state index is 12.8. The summed E-state index contributed by atoms with van der Waals surface area (Å²) in [5, 5.41) is 10.8. The van der Waals surface area contributed by atoms with Crippen molar-refractivity contribution in [1.29, 1.82) is 0 Å². The number of carbonyl (C=O) groups is 1. The summed E-state index contributed by atoms with van der Waals surface area (Å²) in [5.41, 5.74) is 3.88. The van der Waals surface area contributed by atoms with Crippen LogP contribution in [0.4, 0.5) is 5.69 Å². The van der Waals surface area contributed by atoms with Crippen LogP contribution >= 0.6 is 0 Å². The Morgan fingerprint density at radius 3 is 2.55 bits per heavy atom. The van der Waals surface area contributed by atoms with E-state index in [9.17, 15) is 9.90 Å². The number of benzene rings is 3. The number of nitrogens with zero attached hydrogens (tertiary/aromatic N) is 3. The topological polar surface area (TPSA) is 67.6 Å². The highest BCUT2D eigenvalue weighted by atomic mass is 16.5. The maximum Gasteiger partial charge on any atom is 0.227 e. The van der Waals surface area contributed by atoms with Crippen LogP contribution in [-0.4, -0.2) is 39.8 Å². The molecule has 168 valence electrons. The molecule has 1 N–H and O–H groups in total. The molecule has 0 spiro atoms. The summed E-state index contributed by atoms with van der Waals surface area (Å²) in [6.07, 6.45) is -0.321. The number of aromatic nitrogens is 2. The molecule has 1 fully saturated rings. The average molecular weight is 442 g/mol. The Kier molecular flexibility index (Phi) is 5.84. The minimum Gasteiger partial charge on any atom is -0.491 e. The fraction of sp³-hybridized carbons (Fsp3) is 0.259. The first-order valence-corrected chi connectivity index (χ1v) is 11.3. The zero-order chi connectivity index (χ0) is 22.8. The molecule has 6 nitrogen and oxygen atoms in total. The summed E-state index contributed by atoms with van der Waals surface area (Å²) in [6.45, 7) is 3.12. The largest absolute Gasteiger partial charge is 0.491 e. The smallest absolute Gasteiger partial charge is 0.227 e. The number of para-hydroxylation sites is 3. The van der Waals surface area contributed by atoms with E-state index in [1.165, 1.54) is 0 Å². The van der Waals surface area contributed by atoms with Gasteiger partial charge in [0.2, 0.25) is 5.91 Å². The molecule has 0 radical (unpaired) electrons. The molecule has 0 aliphatic carbocycles. The number of aliphatic hydroxyl groups is 1. The van der Waals surface area contributed by atoms with Gasteiger partial charge >= 0.3 is 0 Å². The molecule has 1 saturated heterocycles. The Morgan fingerprint density at radius 1 is 1.03 bits per heavy atom. The Labute approximate surface area is 193 Å².